The van der Waals surface area contributed by atoms with Crippen molar-refractivity contribution in [1.29, 1.82) is 0 Å². The van der Waals surface area contributed by atoms with Crippen LogP contribution >= 0.6 is 0 Å². The lowest BCUT2D eigenvalue weighted by molar-refractivity contribution is -0.122. The van der Waals surface area contributed by atoms with Crippen molar-refractivity contribution in [3.05, 3.63) is 35.6 Å². The van der Waals surface area contributed by atoms with E-state index in [2.05, 4.69) is 10.6 Å². The van der Waals surface area contributed by atoms with Gasteiger partial charge in [-0.15, -0.1) is 0 Å². The van der Waals surface area contributed by atoms with Crippen molar-refractivity contribution in [3.8, 4) is 0 Å². The van der Waals surface area contributed by atoms with Crippen LogP contribution in [0.3, 0.4) is 0 Å². The van der Waals surface area contributed by atoms with E-state index in [1.54, 1.807) is 18.2 Å². The van der Waals surface area contributed by atoms with Gasteiger partial charge in [0.15, 0.2) is 0 Å². The fourth-order valence-corrected chi connectivity index (χ4v) is 1.86. The number of amides is 1. The topological polar surface area (TPSA) is 41.1 Å². The summed E-state index contributed by atoms with van der Waals surface area (Å²) in [6.07, 6.45) is 1.12. The standard InChI is InChI=1S/C13H17FN2O/c14-12-4-2-1-3-11(12)5-6-16-13(17)7-10-8-15-9-10/h1-4,10,15H,5-9H2,(H,16,17). The molecule has 1 heterocycles. The van der Waals surface area contributed by atoms with Gasteiger partial charge in [0.05, 0.1) is 0 Å². The van der Waals surface area contributed by atoms with E-state index in [9.17, 15) is 9.18 Å². The SMILES string of the molecule is O=C(CC1CNC1)NCCc1ccccc1F. The predicted octanol–water partition coefficient (Wildman–Crippen LogP) is 1.09. The molecule has 1 aliphatic rings. The Kier molecular flexibility index (Phi) is 4.09. The summed E-state index contributed by atoms with van der Waals surface area (Å²) in [7, 11) is 0. The van der Waals surface area contributed by atoms with Crippen LogP contribution in [0.5, 0.6) is 0 Å². The third-order valence-corrected chi connectivity index (χ3v) is 3.01. The van der Waals surface area contributed by atoms with Crippen molar-refractivity contribution in [2.45, 2.75) is 12.8 Å². The predicted molar refractivity (Wildman–Crippen MR) is 64.1 cm³/mol. The molecule has 0 atom stereocenters. The minimum Gasteiger partial charge on any atom is -0.356 e. The van der Waals surface area contributed by atoms with Crippen LogP contribution in [0.1, 0.15) is 12.0 Å². The summed E-state index contributed by atoms with van der Waals surface area (Å²) in [6.45, 7) is 2.36. The summed E-state index contributed by atoms with van der Waals surface area (Å²) in [5, 5.41) is 5.95. The van der Waals surface area contributed by atoms with Gasteiger partial charge < -0.3 is 10.6 Å². The number of hydrogen-bond donors (Lipinski definition) is 2. The van der Waals surface area contributed by atoms with Crippen molar-refractivity contribution in [2.24, 2.45) is 5.92 Å². The maximum absolute atomic E-state index is 13.3. The molecular formula is C13H17FN2O. The Morgan fingerprint density at radius 1 is 1.41 bits per heavy atom. The quantitative estimate of drug-likeness (QED) is 0.803. The molecule has 3 nitrogen and oxygen atoms in total. The molecule has 0 unspecified atom stereocenters. The molecule has 1 saturated heterocycles. The Labute approximate surface area is 100 Å². The molecule has 1 aliphatic heterocycles. The van der Waals surface area contributed by atoms with E-state index in [1.165, 1.54) is 6.07 Å². The summed E-state index contributed by atoms with van der Waals surface area (Å²) < 4.78 is 13.3. The van der Waals surface area contributed by atoms with Crippen LogP contribution in [-0.2, 0) is 11.2 Å². The van der Waals surface area contributed by atoms with Gasteiger partial charge in [-0.05, 0) is 37.1 Å². The number of nitrogens with one attached hydrogen (secondary N) is 2. The first kappa shape index (κ1) is 12.0. The number of halogens is 1. The normalized spacial score (nSPS) is 15.4. The van der Waals surface area contributed by atoms with Gasteiger partial charge in [-0.2, -0.15) is 0 Å². The highest BCUT2D eigenvalue weighted by atomic mass is 19.1. The monoisotopic (exact) mass is 236 g/mol. The van der Waals surface area contributed by atoms with E-state index in [0.29, 0.717) is 30.9 Å². The highest BCUT2D eigenvalue weighted by molar-refractivity contribution is 5.76. The fourth-order valence-electron chi connectivity index (χ4n) is 1.86. The number of carbonyl (C=O) groups is 1. The van der Waals surface area contributed by atoms with Crippen LogP contribution in [-0.4, -0.2) is 25.5 Å². The first-order valence-corrected chi connectivity index (χ1v) is 5.96. The Bertz CT molecular complexity index is 391. The second-order valence-corrected chi connectivity index (χ2v) is 4.42. The molecule has 0 aliphatic carbocycles. The largest absolute Gasteiger partial charge is 0.356 e. The maximum Gasteiger partial charge on any atom is 0.220 e. The first-order chi connectivity index (χ1) is 8.25. The van der Waals surface area contributed by atoms with E-state index in [1.807, 2.05) is 0 Å². The van der Waals surface area contributed by atoms with Gasteiger partial charge in [0, 0.05) is 13.0 Å². The number of rotatable bonds is 5. The van der Waals surface area contributed by atoms with Gasteiger partial charge in [0.2, 0.25) is 5.91 Å². The molecule has 1 aromatic carbocycles. The lowest BCUT2D eigenvalue weighted by Crippen LogP contribution is -2.44. The zero-order chi connectivity index (χ0) is 12.1. The summed E-state index contributed by atoms with van der Waals surface area (Å²) in [6, 6.07) is 6.66. The molecule has 0 saturated carbocycles. The number of carbonyl (C=O) groups excluding carboxylic acids is 1. The summed E-state index contributed by atoms with van der Waals surface area (Å²) in [4.78, 5) is 11.5. The molecule has 0 radical (unpaired) electrons. The highest BCUT2D eigenvalue weighted by Crippen LogP contribution is 2.08. The van der Waals surface area contributed by atoms with Crippen LogP contribution in [0.4, 0.5) is 4.39 Å². The average Bonchev–Trinajstić information content (AvgIpc) is 2.26. The van der Waals surface area contributed by atoms with E-state index in [0.717, 1.165) is 13.1 Å². The Morgan fingerprint density at radius 2 is 2.18 bits per heavy atom. The smallest absolute Gasteiger partial charge is 0.220 e. The van der Waals surface area contributed by atoms with E-state index in [-0.39, 0.29) is 11.7 Å². The van der Waals surface area contributed by atoms with E-state index in [4.69, 9.17) is 0 Å². The lowest BCUT2D eigenvalue weighted by Gasteiger charge is -2.26. The van der Waals surface area contributed by atoms with Crippen LogP contribution in [0.2, 0.25) is 0 Å². The highest BCUT2D eigenvalue weighted by Gasteiger charge is 2.19. The van der Waals surface area contributed by atoms with Gasteiger partial charge in [-0.3, -0.25) is 4.79 Å². The van der Waals surface area contributed by atoms with Crippen molar-refractivity contribution in [3.63, 3.8) is 0 Å². The zero-order valence-corrected chi connectivity index (χ0v) is 9.71. The minimum absolute atomic E-state index is 0.0628. The van der Waals surface area contributed by atoms with Gasteiger partial charge in [0.25, 0.3) is 0 Å². The molecule has 92 valence electrons. The molecule has 2 N–H and O–H groups in total. The zero-order valence-electron chi connectivity index (χ0n) is 9.71. The molecule has 0 spiro atoms. The Hall–Kier alpha value is -1.42. The van der Waals surface area contributed by atoms with Crippen LogP contribution in [0, 0.1) is 11.7 Å². The lowest BCUT2D eigenvalue weighted by atomic mass is 9.99. The third kappa shape index (κ3) is 3.53. The van der Waals surface area contributed by atoms with Crippen molar-refractivity contribution in [2.75, 3.05) is 19.6 Å². The van der Waals surface area contributed by atoms with Gasteiger partial charge in [-0.25, -0.2) is 4.39 Å². The molecule has 1 aromatic rings. The molecule has 2 rings (SSSR count). The summed E-state index contributed by atoms with van der Waals surface area (Å²) in [5.41, 5.74) is 0.651. The van der Waals surface area contributed by atoms with Crippen molar-refractivity contribution < 1.29 is 9.18 Å². The second kappa shape index (κ2) is 5.77. The van der Waals surface area contributed by atoms with Crippen LogP contribution in [0.25, 0.3) is 0 Å². The maximum atomic E-state index is 13.3. The fraction of sp³-hybridized carbons (Fsp3) is 0.462. The van der Waals surface area contributed by atoms with Gasteiger partial charge in [-0.1, -0.05) is 18.2 Å². The molecular weight excluding hydrogens is 219 g/mol. The molecule has 1 amide bonds. The summed E-state index contributed by atoms with van der Waals surface area (Å²) in [5.74, 6) is 0.334. The van der Waals surface area contributed by atoms with E-state index < -0.39 is 0 Å². The average molecular weight is 236 g/mol. The Balaban J connectivity index is 1.68. The second-order valence-electron chi connectivity index (χ2n) is 4.42. The number of hydrogen-bond acceptors (Lipinski definition) is 2. The number of benzene rings is 1. The van der Waals surface area contributed by atoms with Crippen molar-refractivity contribution >= 4 is 5.91 Å². The summed E-state index contributed by atoms with van der Waals surface area (Å²) >= 11 is 0. The van der Waals surface area contributed by atoms with Crippen molar-refractivity contribution in [1.82, 2.24) is 10.6 Å². The van der Waals surface area contributed by atoms with E-state index >= 15 is 0 Å². The van der Waals surface area contributed by atoms with Gasteiger partial charge >= 0.3 is 0 Å². The minimum atomic E-state index is -0.204. The Morgan fingerprint density at radius 3 is 2.82 bits per heavy atom. The van der Waals surface area contributed by atoms with Gasteiger partial charge in [0.1, 0.15) is 5.82 Å². The third-order valence-electron chi connectivity index (χ3n) is 3.01. The van der Waals surface area contributed by atoms with Crippen LogP contribution < -0.4 is 10.6 Å². The molecule has 0 aromatic heterocycles. The molecule has 17 heavy (non-hydrogen) atoms. The van der Waals surface area contributed by atoms with Crippen LogP contribution in [0.15, 0.2) is 24.3 Å². The molecule has 0 bridgehead atoms. The molecule has 4 heteroatoms. The molecule has 1 fully saturated rings. The first-order valence-electron chi connectivity index (χ1n) is 5.96.